The molecule has 4 aromatic rings. The fraction of sp³-hybridized carbons (Fsp3) is 0.182. The second-order valence-electron chi connectivity index (χ2n) is 7.12. The molecule has 0 amide bonds. The van der Waals surface area contributed by atoms with Gasteiger partial charge in [0.2, 0.25) is 0 Å². The first kappa shape index (κ1) is 21.7. The van der Waals surface area contributed by atoms with Crippen LogP contribution in [0.3, 0.4) is 0 Å². The van der Waals surface area contributed by atoms with Crippen LogP contribution in [0.1, 0.15) is 23.7 Å². The lowest BCUT2D eigenvalue weighted by atomic mass is 10.0. The third-order valence-electron chi connectivity index (χ3n) is 4.96. The van der Waals surface area contributed by atoms with Gasteiger partial charge in [-0.2, -0.15) is 18.3 Å². The van der Waals surface area contributed by atoms with Crippen molar-refractivity contribution in [2.45, 2.75) is 23.6 Å². The van der Waals surface area contributed by atoms with Gasteiger partial charge in [-0.3, -0.25) is 0 Å². The minimum absolute atomic E-state index is 0.225. The van der Waals surface area contributed by atoms with Crippen LogP contribution < -0.4 is 14.2 Å². The molecule has 0 saturated heterocycles. The first-order chi connectivity index (χ1) is 16.0. The van der Waals surface area contributed by atoms with Gasteiger partial charge < -0.3 is 14.2 Å². The molecule has 3 heterocycles. The Morgan fingerprint density at radius 3 is 2.85 bits per heavy atom. The quantitative estimate of drug-likeness (QED) is 0.317. The monoisotopic (exact) mass is 490 g/mol. The summed E-state index contributed by atoms with van der Waals surface area (Å²) in [4.78, 5) is 5.13. The lowest BCUT2D eigenvalue weighted by Gasteiger charge is -2.28. The zero-order valence-corrected chi connectivity index (χ0v) is 18.6. The smallest absolute Gasteiger partial charge is 0.416 e. The Balaban J connectivity index is 1.40. The van der Waals surface area contributed by atoms with Crippen LogP contribution in [-0.2, 0) is 6.18 Å². The number of hydrogen-bond donors (Lipinski definition) is 1. The van der Waals surface area contributed by atoms with Crippen LogP contribution in [0.15, 0.2) is 71.3 Å². The van der Waals surface area contributed by atoms with Crippen molar-refractivity contribution in [3.8, 4) is 17.2 Å². The maximum Gasteiger partial charge on any atom is 0.416 e. The first-order valence-electron chi connectivity index (χ1n) is 9.94. The second-order valence-corrected chi connectivity index (χ2v) is 8.89. The summed E-state index contributed by atoms with van der Waals surface area (Å²) in [6, 6.07) is 10.8. The number of aromatic nitrogens is 3. The molecule has 5 rings (SSSR count). The van der Waals surface area contributed by atoms with Crippen LogP contribution in [0.4, 0.5) is 18.3 Å². The molecule has 6 nitrogen and oxygen atoms in total. The van der Waals surface area contributed by atoms with Crippen molar-refractivity contribution < 1.29 is 22.6 Å². The number of anilines is 1. The normalized spacial score (nSPS) is 15.5. The van der Waals surface area contributed by atoms with E-state index >= 15 is 0 Å². The zero-order chi connectivity index (χ0) is 22.8. The van der Waals surface area contributed by atoms with E-state index in [2.05, 4.69) is 14.8 Å². The van der Waals surface area contributed by atoms with Gasteiger partial charge >= 0.3 is 6.18 Å². The average molecular weight is 491 g/mol. The molecule has 0 bridgehead atoms. The van der Waals surface area contributed by atoms with E-state index < -0.39 is 11.7 Å². The van der Waals surface area contributed by atoms with Gasteiger partial charge in [0.1, 0.15) is 23.3 Å². The maximum atomic E-state index is 13.3. The van der Waals surface area contributed by atoms with Crippen molar-refractivity contribution in [1.29, 1.82) is 0 Å². The van der Waals surface area contributed by atoms with Crippen LogP contribution in [0, 0.1) is 0 Å². The third kappa shape index (κ3) is 4.79. The van der Waals surface area contributed by atoms with Gasteiger partial charge in [-0.15, -0.1) is 11.3 Å². The van der Waals surface area contributed by atoms with E-state index in [1.54, 1.807) is 18.5 Å². The van der Waals surface area contributed by atoms with Gasteiger partial charge in [0.15, 0.2) is 5.13 Å². The second kappa shape index (κ2) is 8.99. The predicted molar refractivity (Wildman–Crippen MR) is 120 cm³/mol. The number of thiazole rings is 1. The highest BCUT2D eigenvalue weighted by molar-refractivity contribution is 8.00. The van der Waals surface area contributed by atoms with Crippen LogP contribution in [0.2, 0.25) is 0 Å². The topological polar surface area (TPSA) is 61.2 Å². The molecule has 1 unspecified atom stereocenters. The Kier molecular flexibility index (Phi) is 5.90. The SMILES string of the molecule is FC(F)(F)c1ccc(OC2CCOc3cc(SNc4nccs4)ccc32)c(-n2cccn2)c1. The molecule has 0 spiro atoms. The molecule has 0 saturated carbocycles. The summed E-state index contributed by atoms with van der Waals surface area (Å²) in [6.07, 6.45) is 0.546. The number of nitrogens with zero attached hydrogens (tertiary/aromatic N) is 3. The number of ether oxygens (including phenoxy) is 2. The maximum absolute atomic E-state index is 13.3. The van der Waals surface area contributed by atoms with E-state index in [0.29, 0.717) is 24.5 Å². The van der Waals surface area contributed by atoms with Crippen LogP contribution in [0.5, 0.6) is 11.5 Å². The lowest BCUT2D eigenvalue weighted by Crippen LogP contribution is -2.19. The predicted octanol–water partition coefficient (Wildman–Crippen LogP) is 6.37. The van der Waals surface area contributed by atoms with Crippen LogP contribution in [0.25, 0.3) is 5.69 Å². The molecule has 170 valence electrons. The number of hydrogen-bond acceptors (Lipinski definition) is 7. The third-order valence-corrected chi connectivity index (χ3v) is 6.57. The van der Waals surface area contributed by atoms with E-state index in [-0.39, 0.29) is 11.8 Å². The number of nitrogens with one attached hydrogen (secondary N) is 1. The van der Waals surface area contributed by atoms with Gasteiger partial charge in [0.05, 0.1) is 12.2 Å². The summed E-state index contributed by atoms with van der Waals surface area (Å²) in [7, 11) is 0. The van der Waals surface area contributed by atoms with Crippen molar-refractivity contribution in [2.24, 2.45) is 0 Å². The number of benzene rings is 2. The molecular formula is C22H17F3N4O2S2. The Morgan fingerprint density at radius 1 is 1.18 bits per heavy atom. The summed E-state index contributed by atoms with van der Waals surface area (Å²) in [5.41, 5.74) is 0.302. The van der Waals surface area contributed by atoms with Crippen molar-refractivity contribution in [3.63, 3.8) is 0 Å². The first-order valence-corrected chi connectivity index (χ1v) is 11.6. The van der Waals surface area contributed by atoms with Gasteiger partial charge in [0.25, 0.3) is 0 Å². The fourth-order valence-electron chi connectivity index (χ4n) is 3.44. The van der Waals surface area contributed by atoms with E-state index in [9.17, 15) is 13.2 Å². The molecule has 1 atom stereocenters. The summed E-state index contributed by atoms with van der Waals surface area (Å²) < 4.78 is 56.5. The van der Waals surface area contributed by atoms with E-state index in [4.69, 9.17) is 9.47 Å². The minimum Gasteiger partial charge on any atom is -0.493 e. The molecule has 1 aliphatic rings. The largest absolute Gasteiger partial charge is 0.493 e. The Labute approximate surface area is 195 Å². The minimum atomic E-state index is -4.47. The molecule has 0 radical (unpaired) electrons. The van der Waals surface area contributed by atoms with Crippen LogP contribution in [-0.4, -0.2) is 21.4 Å². The Bertz CT molecular complexity index is 1230. The lowest BCUT2D eigenvalue weighted by molar-refractivity contribution is -0.137. The zero-order valence-electron chi connectivity index (χ0n) is 17.0. The molecular weight excluding hydrogens is 473 g/mol. The van der Waals surface area contributed by atoms with Crippen LogP contribution >= 0.6 is 23.3 Å². The molecule has 11 heteroatoms. The molecule has 1 N–H and O–H groups in total. The molecule has 0 fully saturated rings. The molecule has 2 aromatic heterocycles. The van der Waals surface area contributed by atoms with Gasteiger partial charge in [-0.05, 0) is 48.3 Å². The van der Waals surface area contributed by atoms with Crippen molar-refractivity contribution >= 4 is 28.4 Å². The van der Waals surface area contributed by atoms with Gasteiger partial charge in [0, 0.05) is 40.9 Å². The summed E-state index contributed by atoms with van der Waals surface area (Å²) in [6.45, 7) is 0.434. The number of rotatable bonds is 6. The molecule has 33 heavy (non-hydrogen) atoms. The molecule has 0 aliphatic carbocycles. The van der Waals surface area contributed by atoms with E-state index in [1.807, 2.05) is 23.6 Å². The standard InChI is InChI=1S/C22H17F3N4O2S2/c23-22(24,25)14-2-5-19(17(12-14)29-9-1-7-27-29)31-18-6-10-30-20-13-15(3-4-16(18)20)33-28-21-26-8-11-32-21/h1-5,7-9,11-13,18H,6,10H2,(H,26,28). The Morgan fingerprint density at radius 2 is 2.09 bits per heavy atom. The summed E-state index contributed by atoms with van der Waals surface area (Å²) in [5, 5.41) is 6.78. The highest BCUT2D eigenvalue weighted by Crippen LogP contribution is 2.40. The van der Waals surface area contributed by atoms with Crippen molar-refractivity contribution in [1.82, 2.24) is 14.8 Å². The van der Waals surface area contributed by atoms with E-state index in [1.165, 1.54) is 40.2 Å². The van der Waals surface area contributed by atoms with Gasteiger partial charge in [-0.1, -0.05) is 6.07 Å². The van der Waals surface area contributed by atoms with Gasteiger partial charge in [-0.25, -0.2) is 9.67 Å². The van der Waals surface area contributed by atoms with E-state index in [0.717, 1.165) is 27.7 Å². The average Bonchev–Trinajstić information content (AvgIpc) is 3.52. The number of alkyl halides is 3. The Hall–Kier alpha value is -3.18. The highest BCUT2D eigenvalue weighted by atomic mass is 32.2. The summed E-state index contributed by atoms with van der Waals surface area (Å²) in [5.74, 6) is 0.998. The highest BCUT2D eigenvalue weighted by Gasteiger charge is 2.32. The molecule has 1 aliphatic heterocycles. The number of halogens is 3. The molecule has 2 aromatic carbocycles. The number of fused-ring (bicyclic) bond motifs is 1. The van der Waals surface area contributed by atoms with Crippen molar-refractivity contribution in [3.05, 3.63) is 77.6 Å². The fourth-order valence-corrected chi connectivity index (χ4v) is 4.69. The van der Waals surface area contributed by atoms with Crippen molar-refractivity contribution in [2.75, 3.05) is 11.3 Å². The summed E-state index contributed by atoms with van der Waals surface area (Å²) >= 11 is 2.92.